The first kappa shape index (κ1) is 12.9. The van der Waals surface area contributed by atoms with Crippen molar-refractivity contribution >= 4 is 5.82 Å². The highest BCUT2D eigenvalue weighted by molar-refractivity contribution is 5.34. The van der Waals surface area contributed by atoms with Gasteiger partial charge in [-0.05, 0) is 30.9 Å². The number of nitrogens with one attached hydrogen (secondary N) is 1. The number of pyridine rings is 1. The average molecular weight is 226 g/mol. The van der Waals surface area contributed by atoms with E-state index in [0.29, 0.717) is 5.82 Å². The highest BCUT2D eigenvalue weighted by Crippen LogP contribution is 2.13. The molecule has 2 N–H and O–H groups in total. The third-order valence-electron chi connectivity index (χ3n) is 2.56. The van der Waals surface area contributed by atoms with Crippen LogP contribution in [0, 0.1) is 11.9 Å². The van der Waals surface area contributed by atoms with Crippen LogP contribution in [-0.4, -0.2) is 22.7 Å². The number of halogens is 1. The SMILES string of the molecule is CC[C@@H](C[C@H](C)CO)Nc1cccc(F)n1. The largest absolute Gasteiger partial charge is 0.396 e. The molecule has 0 bridgehead atoms. The quantitative estimate of drug-likeness (QED) is 0.732. The van der Waals surface area contributed by atoms with Gasteiger partial charge in [0.1, 0.15) is 5.82 Å². The van der Waals surface area contributed by atoms with Gasteiger partial charge in [0.15, 0.2) is 0 Å². The summed E-state index contributed by atoms with van der Waals surface area (Å²) in [4.78, 5) is 3.75. The van der Waals surface area contributed by atoms with Gasteiger partial charge < -0.3 is 10.4 Å². The Morgan fingerprint density at radius 3 is 2.81 bits per heavy atom. The van der Waals surface area contributed by atoms with Gasteiger partial charge in [0.2, 0.25) is 5.95 Å². The van der Waals surface area contributed by atoms with Crippen molar-refractivity contribution in [2.24, 2.45) is 5.92 Å². The summed E-state index contributed by atoms with van der Waals surface area (Å²) in [6.45, 7) is 4.22. The summed E-state index contributed by atoms with van der Waals surface area (Å²) in [6.07, 6.45) is 1.77. The Morgan fingerprint density at radius 2 is 2.25 bits per heavy atom. The molecule has 0 aliphatic heterocycles. The number of aromatic nitrogens is 1. The van der Waals surface area contributed by atoms with Gasteiger partial charge in [-0.15, -0.1) is 0 Å². The van der Waals surface area contributed by atoms with Crippen molar-refractivity contribution in [1.29, 1.82) is 0 Å². The molecule has 0 saturated heterocycles. The zero-order valence-corrected chi connectivity index (χ0v) is 9.78. The Kier molecular flexibility index (Phi) is 5.19. The van der Waals surface area contributed by atoms with Crippen LogP contribution < -0.4 is 5.32 Å². The molecule has 0 fully saturated rings. The van der Waals surface area contributed by atoms with E-state index in [2.05, 4.69) is 17.2 Å². The van der Waals surface area contributed by atoms with Crippen LogP contribution in [0.15, 0.2) is 18.2 Å². The fourth-order valence-corrected chi connectivity index (χ4v) is 1.59. The number of anilines is 1. The molecule has 3 nitrogen and oxygen atoms in total. The minimum atomic E-state index is -0.477. The van der Waals surface area contributed by atoms with Crippen LogP contribution >= 0.6 is 0 Å². The summed E-state index contributed by atoms with van der Waals surface area (Å²) in [5.41, 5.74) is 0. The van der Waals surface area contributed by atoms with Gasteiger partial charge in [0.05, 0.1) is 0 Å². The molecule has 0 saturated carbocycles. The number of hydrogen-bond acceptors (Lipinski definition) is 3. The molecule has 0 amide bonds. The summed E-state index contributed by atoms with van der Waals surface area (Å²) >= 11 is 0. The van der Waals surface area contributed by atoms with Crippen molar-refractivity contribution in [2.75, 3.05) is 11.9 Å². The Bertz CT molecular complexity index is 320. The van der Waals surface area contributed by atoms with Gasteiger partial charge in [0.25, 0.3) is 0 Å². The second kappa shape index (κ2) is 6.43. The molecule has 0 aliphatic carbocycles. The summed E-state index contributed by atoms with van der Waals surface area (Å²) in [6, 6.07) is 4.92. The van der Waals surface area contributed by atoms with Crippen LogP contribution in [0.3, 0.4) is 0 Å². The van der Waals surface area contributed by atoms with Gasteiger partial charge in [-0.3, -0.25) is 0 Å². The molecule has 1 aromatic heterocycles. The predicted octanol–water partition coefficient (Wildman–Crippen LogP) is 2.43. The van der Waals surface area contributed by atoms with E-state index in [1.807, 2.05) is 6.92 Å². The lowest BCUT2D eigenvalue weighted by atomic mass is 10.0. The molecule has 0 unspecified atom stereocenters. The number of nitrogens with zero attached hydrogens (tertiary/aromatic N) is 1. The van der Waals surface area contributed by atoms with Crippen molar-refractivity contribution in [1.82, 2.24) is 4.98 Å². The van der Waals surface area contributed by atoms with E-state index in [1.54, 1.807) is 12.1 Å². The Morgan fingerprint density at radius 1 is 1.50 bits per heavy atom. The Hall–Kier alpha value is -1.16. The average Bonchev–Trinajstić information content (AvgIpc) is 2.28. The highest BCUT2D eigenvalue weighted by atomic mass is 19.1. The summed E-state index contributed by atoms with van der Waals surface area (Å²) in [5.74, 6) is 0.318. The lowest BCUT2D eigenvalue weighted by Gasteiger charge is -2.20. The summed E-state index contributed by atoms with van der Waals surface area (Å²) < 4.78 is 12.9. The molecule has 4 heteroatoms. The molecule has 1 heterocycles. The molecule has 90 valence electrons. The molecule has 0 aromatic carbocycles. The van der Waals surface area contributed by atoms with E-state index in [0.717, 1.165) is 12.8 Å². The van der Waals surface area contributed by atoms with E-state index < -0.39 is 5.95 Å². The minimum absolute atomic E-state index is 0.175. The van der Waals surface area contributed by atoms with Gasteiger partial charge in [-0.25, -0.2) is 4.98 Å². The Balaban J connectivity index is 2.56. The van der Waals surface area contributed by atoms with Gasteiger partial charge in [-0.2, -0.15) is 4.39 Å². The van der Waals surface area contributed by atoms with Crippen LogP contribution in [0.4, 0.5) is 10.2 Å². The summed E-state index contributed by atoms with van der Waals surface area (Å²) in [7, 11) is 0. The van der Waals surface area contributed by atoms with Crippen LogP contribution in [0.1, 0.15) is 26.7 Å². The lowest BCUT2D eigenvalue weighted by Crippen LogP contribution is -2.23. The van der Waals surface area contributed by atoms with Crippen molar-refractivity contribution in [2.45, 2.75) is 32.7 Å². The first-order valence-corrected chi connectivity index (χ1v) is 5.65. The molecule has 16 heavy (non-hydrogen) atoms. The standard InChI is InChI=1S/C12H19FN2O/c1-3-10(7-9(2)8-16)14-12-6-4-5-11(13)15-12/h4-6,9-10,16H,3,7-8H2,1-2H3,(H,14,15)/t9-,10-/m0/s1. The van der Waals surface area contributed by atoms with E-state index in [1.165, 1.54) is 6.07 Å². The third kappa shape index (κ3) is 4.14. The topological polar surface area (TPSA) is 45.1 Å². The molecule has 0 aliphatic rings. The molecule has 0 spiro atoms. The van der Waals surface area contributed by atoms with E-state index in [-0.39, 0.29) is 18.6 Å². The number of hydrogen-bond donors (Lipinski definition) is 2. The number of rotatable bonds is 6. The smallest absolute Gasteiger partial charge is 0.214 e. The second-order valence-electron chi connectivity index (χ2n) is 4.12. The van der Waals surface area contributed by atoms with Crippen LogP contribution in [0.25, 0.3) is 0 Å². The van der Waals surface area contributed by atoms with Crippen molar-refractivity contribution in [3.05, 3.63) is 24.1 Å². The van der Waals surface area contributed by atoms with Gasteiger partial charge >= 0.3 is 0 Å². The maximum absolute atomic E-state index is 12.9. The maximum atomic E-state index is 12.9. The lowest BCUT2D eigenvalue weighted by molar-refractivity contribution is 0.224. The molecule has 1 rings (SSSR count). The second-order valence-corrected chi connectivity index (χ2v) is 4.12. The van der Waals surface area contributed by atoms with Crippen molar-refractivity contribution in [3.63, 3.8) is 0 Å². The zero-order chi connectivity index (χ0) is 12.0. The van der Waals surface area contributed by atoms with Crippen LogP contribution in [-0.2, 0) is 0 Å². The molecular formula is C12H19FN2O. The first-order chi connectivity index (χ1) is 7.65. The summed E-state index contributed by atoms with van der Waals surface area (Å²) in [5, 5.41) is 12.2. The molecule has 2 atom stereocenters. The first-order valence-electron chi connectivity index (χ1n) is 5.65. The Labute approximate surface area is 95.7 Å². The van der Waals surface area contributed by atoms with Crippen molar-refractivity contribution < 1.29 is 9.50 Å². The molecule has 0 radical (unpaired) electrons. The van der Waals surface area contributed by atoms with Gasteiger partial charge in [-0.1, -0.05) is 19.9 Å². The van der Waals surface area contributed by atoms with Crippen LogP contribution in [0.2, 0.25) is 0 Å². The van der Waals surface area contributed by atoms with E-state index in [4.69, 9.17) is 5.11 Å². The molecular weight excluding hydrogens is 207 g/mol. The maximum Gasteiger partial charge on any atom is 0.214 e. The highest BCUT2D eigenvalue weighted by Gasteiger charge is 2.11. The van der Waals surface area contributed by atoms with Crippen molar-refractivity contribution in [3.8, 4) is 0 Å². The fraction of sp³-hybridized carbons (Fsp3) is 0.583. The molecule has 1 aromatic rings. The number of aliphatic hydroxyl groups excluding tert-OH is 1. The number of aliphatic hydroxyl groups is 1. The normalized spacial score (nSPS) is 14.5. The van der Waals surface area contributed by atoms with Gasteiger partial charge in [0, 0.05) is 12.6 Å². The zero-order valence-electron chi connectivity index (χ0n) is 9.78. The third-order valence-corrected chi connectivity index (χ3v) is 2.56. The fourth-order valence-electron chi connectivity index (χ4n) is 1.59. The van der Waals surface area contributed by atoms with E-state index >= 15 is 0 Å². The monoisotopic (exact) mass is 226 g/mol. The minimum Gasteiger partial charge on any atom is -0.396 e. The predicted molar refractivity (Wildman–Crippen MR) is 62.8 cm³/mol. The van der Waals surface area contributed by atoms with Crippen LogP contribution in [0.5, 0.6) is 0 Å². The van der Waals surface area contributed by atoms with E-state index in [9.17, 15) is 4.39 Å².